The third kappa shape index (κ3) is 4.68. The number of carbonyl (C=O) groups excluding carboxylic acids is 1. The number of hydrogen-bond donors (Lipinski definition) is 2. The van der Waals surface area contributed by atoms with Crippen molar-refractivity contribution in [2.24, 2.45) is 0 Å². The molecule has 42 heavy (non-hydrogen) atoms. The first-order chi connectivity index (χ1) is 20.5. The van der Waals surface area contributed by atoms with Crippen LogP contribution in [0.1, 0.15) is 41.2 Å². The van der Waals surface area contributed by atoms with E-state index in [1.165, 1.54) is 6.20 Å². The first-order valence-corrected chi connectivity index (χ1v) is 14.3. The second-order valence-corrected chi connectivity index (χ2v) is 11.2. The van der Waals surface area contributed by atoms with Gasteiger partial charge in [-0.05, 0) is 37.0 Å². The number of pyridine rings is 1. The fraction of sp³-hybridized carbons (Fsp3) is 0.355. The van der Waals surface area contributed by atoms with Crippen molar-refractivity contribution >= 4 is 28.4 Å². The molecule has 1 saturated heterocycles. The van der Waals surface area contributed by atoms with Gasteiger partial charge in [0.15, 0.2) is 5.65 Å². The third-order valence-electron chi connectivity index (χ3n) is 8.34. The van der Waals surface area contributed by atoms with Crippen LogP contribution in [0.4, 0.5) is 10.2 Å². The van der Waals surface area contributed by atoms with Crippen LogP contribution >= 0.6 is 0 Å². The SMILES string of the molecule is CN(Cc1ccccc1)c1cc(-c2cn([C@H]3CCC[C@H]3F)c3ncccc23)nc2c(C(=O)NC3COCC3O)cnn12. The molecule has 2 N–H and O–H groups in total. The molecule has 0 radical (unpaired) electrons. The number of amides is 1. The van der Waals surface area contributed by atoms with Crippen molar-refractivity contribution < 1.29 is 19.0 Å². The largest absolute Gasteiger partial charge is 0.388 e. The summed E-state index contributed by atoms with van der Waals surface area (Å²) in [6.45, 7) is 1.01. The van der Waals surface area contributed by atoms with Gasteiger partial charge in [0.2, 0.25) is 0 Å². The molecular weight excluding hydrogens is 537 g/mol. The molecule has 1 saturated carbocycles. The molecule has 11 heteroatoms. The number of nitrogens with one attached hydrogen (secondary N) is 1. The second kappa shape index (κ2) is 10.8. The summed E-state index contributed by atoms with van der Waals surface area (Å²) in [7, 11) is 1.97. The van der Waals surface area contributed by atoms with E-state index < -0.39 is 24.2 Å². The predicted octanol–water partition coefficient (Wildman–Crippen LogP) is 3.94. The number of anilines is 1. The zero-order valence-corrected chi connectivity index (χ0v) is 23.2. The van der Waals surface area contributed by atoms with Gasteiger partial charge in [0.25, 0.3) is 5.91 Å². The van der Waals surface area contributed by atoms with E-state index in [4.69, 9.17) is 9.72 Å². The number of benzene rings is 1. The summed E-state index contributed by atoms with van der Waals surface area (Å²) in [5.74, 6) is 0.340. The molecule has 2 unspecified atom stereocenters. The lowest BCUT2D eigenvalue weighted by Gasteiger charge is -2.21. The summed E-state index contributed by atoms with van der Waals surface area (Å²) in [5, 5.41) is 18.5. The van der Waals surface area contributed by atoms with Crippen molar-refractivity contribution in [3.8, 4) is 11.3 Å². The Kier molecular flexibility index (Phi) is 6.83. The quantitative estimate of drug-likeness (QED) is 0.306. The highest BCUT2D eigenvalue weighted by Crippen LogP contribution is 2.39. The molecule has 2 fully saturated rings. The van der Waals surface area contributed by atoms with E-state index in [1.54, 1.807) is 10.7 Å². The molecule has 1 amide bonds. The highest BCUT2D eigenvalue weighted by atomic mass is 19.1. The number of alkyl halides is 1. The number of aliphatic hydroxyl groups is 1. The first-order valence-electron chi connectivity index (χ1n) is 14.3. The zero-order chi connectivity index (χ0) is 28.8. The molecule has 0 spiro atoms. The van der Waals surface area contributed by atoms with Crippen molar-refractivity contribution in [3.63, 3.8) is 0 Å². The molecule has 1 aliphatic carbocycles. The van der Waals surface area contributed by atoms with Gasteiger partial charge in [0, 0.05) is 43.0 Å². The average molecular weight is 570 g/mol. The molecule has 216 valence electrons. The summed E-state index contributed by atoms with van der Waals surface area (Å²) in [6.07, 6.45) is 5.59. The topological polar surface area (TPSA) is 110 Å². The number of fused-ring (bicyclic) bond motifs is 2. The van der Waals surface area contributed by atoms with Crippen molar-refractivity contribution in [1.29, 1.82) is 0 Å². The lowest BCUT2D eigenvalue weighted by Crippen LogP contribution is -2.42. The van der Waals surface area contributed by atoms with E-state index in [2.05, 4.69) is 32.4 Å². The maximum atomic E-state index is 14.9. The molecule has 0 bridgehead atoms. The Balaban J connectivity index is 1.37. The van der Waals surface area contributed by atoms with Crippen molar-refractivity contribution in [1.82, 2.24) is 29.5 Å². The minimum atomic E-state index is -0.932. The summed E-state index contributed by atoms with van der Waals surface area (Å²) in [5.41, 5.74) is 3.92. The van der Waals surface area contributed by atoms with Gasteiger partial charge < -0.3 is 24.6 Å². The standard InChI is InChI=1S/C31H32FN7O3/c1-37(15-19-7-3-2-4-8-19)28-13-24(22-16-38(26-11-5-10-23(26)32)29-20(22)9-6-12-33-29)35-30-21(14-34-39(28)30)31(41)36-25-17-42-18-27(25)40/h2-4,6-9,12-14,16,23,25-27,40H,5,10-11,15,17-18H2,1H3,(H,36,41)/t23-,25?,26+,27?/m1/s1. The van der Waals surface area contributed by atoms with Gasteiger partial charge >= 0.3 is 0 Å². The van der Waals surface area contributed by atoms with Crippen LogP contribution in [-0.4, -0.2) is 73.7 Å². The Labute approximate surface area is 241 Å². The van der Waals surface area contributed by atoms with Crippen LogP contribution in [0.5, 0.6) is 0 Å². The number of carbonyl (C=O) groups is 1. The maximum Gasteiger partial charge on any atom is 0.257 e. The van der Waals surface area contributed by atoms with Crippen LogP contribution in [0.3, 0.4) is 0 Å². The van der Waals surface area contributed by atoms with E-state index in [0.29, 0.717) is 30.0 Å². The van der Waals surface area contributed by atoms with Gasteiger partial charge in [0.05, 0.1) is 43.3 Å². The minimum absolute atomic E-state index is 0.176. The van der Waals surface area contributed by atoms with Crippen LogP contribution in [0.2, 0.25) is 0 Å². The van der Waals surface area contributed by atoms with E-state index in [0.717, 1.165) is 35.2 Å². The Hall–Kier alpha value is -4.35. The normalized spacial score (nSPS) is 22.3. The van der Waals surface area contributed by atoms with E-state index in [1.807, 2.05) is 54.2 Å². The van der Waals surface area contributed by atoms with Crippen molar-refractivity contribution in [2.45, 2.75) is 50.2 Å². The monoisotopic (exact) mass is 569 g/mol. The summed E-state index contributed by atoms with van der Waals surface area (Å²) in [6, 6.07) is 15.1. The zero-order valence-electron chi connectivity index (χ0n) is 23.2. The smallest absolute Gasteiger partial charge is 0.257 e. The second-order valence-electron chi connectivity index (χ2n) is 11.2. The number of nitrogens with zero attached hydrogens (tertiary/aromatic N) is 6. The number of aromatic nitrogens is 5. The highest BCUT2D eigenvalue weighted by Gasteiger charge is 2.32. The fourth-order valence-corrected chi connectivity index (χ4v) is 6.13. The molecule has 10 nitrogen and oxygen atoms in total. The number of rotatable bonds is 7. The van der Waals surface area contributed by atoms with Crippen molar-refractivity contribution in [3.05, 3.63) is 78.2 Å². The van der Waals surface area contributed by atoms with Crippen LogP contribution in [-0.2, 0) is 11.3 Å². The Morgan fingerprint density at radius 1 is 1.17 bits per heavy atom. The molecule has 1 aliphatic heterocycles. The van der Waals surface area contributed by atoms with Crippen molar-refractivity contribution in [2.75, 3.05) is 25.2 Å². The number of hydrogen-bond acceptors (Lipinski definition) is 7. The molecule has 1 aromatic carbocycles. The molecule has 5 heterocycles. The van der Waals surface area contributed by atoms with Gasteiger partial charge in [-0.2, -0.15) is 9.61 Å². The van der Waals surface area contributed by atoms with Crippen LogP contribution < -0.4 is 10.2 Å². The van der Waals surface area contributed by atoms with Gasteiger partial charge in [-0.3, -0.25) is 4.79 Å². The van der Waals surface area contributed by atoms with E-state index in [9.17, 15) is 14.3 Å². The molecule has 7 rings (SSSR count). The molecule has 4 atom stereocenters. The fourth-order valence-electron chi connectivity index (χ4n) is 6.13. The lowest BCUT2D eigenvalue weighted by atomic mass is 10.1. The number of halogens is 1. The van der Waals surface area contributed by atoms with E-state index in [-0.39, 0.29) is 24.8 Å². The molecule has 2 aliphatic rings. The predicted molar refractivity (Wildman–Crippen MR) is 156 cm³/mol. The average Bonchev–Trinajstić information content (AvgIpc) is 3.79. The summed E-state index contributed by atoms with van der Waals surface area (Å²) >= 11 is 0. The van der Waals surface area contributed by atoms with Crippen LogP contribution in [0, 0.1) is 0 Å². The Morgan fingerprint density at radius 3 is 2.79 bits per heavy atom. The highest BCUT2D eigenvalue weighted by molar-refractivity contribution is 6.01. The third-order valence-corrected chi connectivity index (χ3v) is 8.34. The lowest BCUT2D eigenvalue weighted by molar-refractivity contribution is 0.0888. The Bertz CT molecular complexity index is 1750. The molecule has 5 aromatic rings. The Morgan fingerprint density at radius 2 is 2.02 bits per heavy atom. The maximum absolute atomic E-state index is 14.9. The first kappa shape index (κ1) is 26.5. The summed E-state index contributed by atoms with van der Waals surface area (Å²) < 4.78 is 23.9. The molecular formula is C31H32FN7O3. The number of aliphatic hydroxyl groups excluding tert-OH is 1. The summed E-state index contributed by atoms with van der Waals surface area (Å²) in [4.78, 5) is 25.1. The van der Waals surface area contributed by atoms with Crippen LogP contribution in [0.15, 0.2) is 67.1 Å². The minimum Gasteiger partial charge on any atom is -0.388 e. The molecule has 4 aromatic heterocycles. The van der Waals surface area contributed by atoms with Gasteiger partial charge in [-0.15, -0.1) is 0 Å². The number of ether oxygens (including phenoxy) is 1. The van der Waals surface area contributed by atoms with Gasteiger partial charge in [-0.1, -0.05) is 30.3 Å². The van der Waals surface area contributed by atoms with Crippen LogP contribution in [0.25, 0.3) is 27.9 Å². The van der Waals surface area contributed by atoms with Gasteiger partial charge in [-0.25, -0.2) is 14.4 Å². The van der Waals surface area contributed by atoms with E-state index >= 15 is 0 Å². The van der Waals surface area contributed by atoms with Gasteiger partial charge in [0.1, 0.15) is 23.2 Å².